The molecule has 0 bridgehead atoms. The summed E-state index contributed by atoms with van der Waals surface area (Å²) in [6.07, 6.45) is 1.82. The summed E-state index contributed by atoms with van der Waals surface area (Å²) in [5.41, 5.74) is 1.61. The van der Waals surface area contributed by atoms with Crippen molar-refractivity contribution in [1.29, 1.82) is 0 Å². The molecule has 0 atom stereocenters. The van der Waals surface area contributed by atoms with Gasteiger partial charge in [0.1, 0.15) is 23.7 Å². The molecule has 0 unspecified atom stereocenters. The fraction of sp³-hybridized carbons (Fsp3) is 0.529. The van der Waals surface area contributed by atoms with Crippen LogP contribution in [0, 0.1) is 13.8 Å². The minimum Gasteiger partial charge on any atom is -0.378 e. The molecule has 2 N–H and O–H groups in total. The van der Waals surface area contributed by atoms with E-state index in [4.69, 9.17) is 9.26 Å². The second-order valence-electron chi connectivity index (χ2n) is 6.12. The second kappa shape index (κ2) is 8.61. The van der Waals surface area contributed by atoms with Crippen molar-refractivity contribution in [2.75, 3.05) is 49.6 Å². The average Bonchev–Trinajstić information content (AvgIpc) is 2.98. The zero-order valence-electron chi connectivity index (χ0n) is 15.1. The van der Waals surface area contributed by atoms with E-state index in [1.54, 1.807) is 6.33 Å². The van der Waals surface area contributed by atoms with Gasteiger partial charge in [0.2, 0.25) is 5.91 Å². The first-order chi connectivity index (χ1) is 12.6. The van der Waals surface area contributed by atoms with Crippen LogP contribution in [0.3, 0.4) is 0 Å². The van der Waals surface area contributed by atoms with Crippen molar-refractivity contribution >= 4 is 17.5 Å². The lowest BCUT2D eigenvalue weighted by Gasteiger charge is -2.27. The van der Waals surface area contributed by atoms with E-state index in [1.165, 1.54) is 0 Å². The molecule has 0 radical (unpaired) electrons. The number of carbonyl (C=O) groups is 1. The Bertz CT molecular complexity index is 722. The Balaban J connectivity index is 1.42. The molecule has 1 aliphatic rings. The SMILES string of the molecule is Cc1noc(C)c1CC(=O)NCCNc1cc(N2CCOCC2)ncn1. The van der Waals surface area contributed by atoms with Gasteiger partial charge in [-0.05, 0) is 13.8 Å². The molecular weight excluding hydrogens is 336 g/mol. The first kappa shape index (κ1) is 18.1. The van der Waals surface area contributed by atoms with Crippen molar-refractivity contribution in [1.82, 2.24) is 20.4 Å². The van der Waals surface area contributed by atoms with E-state index in [0.717, 1.165) is 36.0 Å². The van der Waals surface area contributed by atoms with Crippen molar-refractivity contribution in [2.45, 2.75) is 20.3 Å². The van der Waals surface area contributed by atoms with Crippen molar-refractivity contribution in [2.24, 2.45) is 0 Å². The number of hydrogen-bond acceptors (Lipinski definition) is 8. The van der Waals surface area contributed by atoms with Crippen LogP contribution in [-0.4, -0.2) is 60.4 Å². The van der Waals surface area contributed by atoms with Gasteiger partial charge in [-0.3, -0.25) is 4.79 Å². The molecule has 140 valence electrons. The monoisotopic (exact) mass is 360 g/mol. The summed E-state index contributed by atoms with van der Waals surface area (Å²) in [6, 6.07) is 1.91. The lowest BCUT2D eigenvalue weighted by Crippen LogP contribution is -2.36. The van der Waals surface area contributed by atoms with Gasteiger partial charge in [0.25, 0.3) is 0 Å². The molecule has 26 heavy (non-hydrogen) atoms. The molecular formula is C17H24N6O3. The minimum atomic E-state index is -0.0575. The number of amides is 1. The van der Waals surface area contributed by atoms with Gasteiger partial charge in [0.15, 0.2) is 0 Å². The van der Waals surface area contributed by atoms with Crippen LogP contribution in [0.2, 0.25) is 0 Å². The lowest BCUT2D eigenvalue weighted by molar-refractivity contribution is -0.120. The molecule has 1 fully saturated rings. The molecule has 0 aliphatic carbocycles. The van der Waals surface area contributed by atoms with Gasteiger partial charge in [0, 0.05) is 37.8 Å². The van der Waals surface area contributed by atoms with E-state index in [9.17, 15) is 4.79 Å². The van der Waals surface area contributed by atoms with E-state index in [-0.39, 0.29) is 12.3 Å². The molecule has 9 nitrogen and oxygen atoms in total. The maximum atomic E-state index is 12.0. The summed E-state index contributed by atoms with van der Waals surface area (Å²) in [6.45, 7) is 7.80. The maximum absolute atomic E-state index is 12.0. The standard InChI is InChI=1S/C17H24N6O3/c1-12-14(13(2)26-22-12)9-17(24)19-4-3-18-15-10-16(21-11-20-15)23-5-7-25-8-6-23/h10-11H,3-9H2,1-2H3,(H,19,24)(H,18,20,21). The van der Waals surface area contributed by atoms with Crippen molar-refractivity contribution in [3.63, 3.8) is 0 Å². The molecule has 3 rings (SSSR count). The number of nitrogens with zero attached hydrogens (tertiary/aromatic N) is 4. The molecule has 1 aliphatic heterocycles. The van der Waals surface area contributed by atoms with Crippen molar-refractivity contribution in [3.8, 4) is 0 Å². The molecule has 3 heterocycles. The largest absolute Gasteiger partial charge is 0.378 e. The first-order valence-electron chi connectivity index (χ1n) is 8.70. The fourth-order valence-electron chi connectivity index (χ4n) is 2.78. The number of aromatic nitrogens is 3. The number of anilines is 2. The highest BCUT2D eigenvalue weighted by molar-refractivity contribution is 5.79. The van der Waals surface area contributed by atoms with Crippen LogP contribution in [0.25, 0.3) is 0 Å². The van der Waals surface area contributed by atoms with Gasteiger partial charge in [-0.2, -0.15) is 0 Å². The molecule has 1 saturated heterocycles. The summed E-state index contributed by atoms with van der Waals surface area (Å²) in [5.74, 6) is 2.25. The number of hydrogen-bond donors (Lipinski definition) is 2. The maximum Gasteiger partial charge on any atom is 0.224 e. The van der Waals surface area contributed by atoms with E-state index in [0.29, 0.717) is 32.1 Å². The van der Waals surface area contributed by atoms with Gasteiger partial charge in [-0.25, -0.2) is 9.97 Å². The zero-order valence-corrected chi connectivity index (χ0v) is 15.1. The van der Waals surface area contributed by atoms with E-state index in [2.05, 4.69) is 30.7 Å². The molecule has 1 amide bonds. The Labute approximate surface area is 152 Å². The Morgan fingerprint density at radius 3 is 2.77 bits per heavy atom. The van der Waals surface area contributed by atoms with Crippen LogP contribution in [0.5, 0.6) is 0 Å². The van der Waals surface area contributed by atoms with Crippen LogP contribution in [0.4, 0.5) is 11.6 Å². The highest BCUT2D eigenvalue weighted by Gasteiger charge is 2.14. The van der Waals surface area contributed by atoms with Crippen LogP contribution < -0.4 is 15.5 Å². The third-order valence-electron chi connectivity index (χ3n) is 4.26. The van der Waals surface area contributed by atoms with E-state index in [1.807, 2.05) is 19.9 Å². The van der Waals surface area contributed by atoms with Crippen molar-refractivity contribution in [3.05, 3.63) is 29.4 Å². The Morgan fingerprint density at radius 1 is 1.23 bits per heavy atom. The number of ether oxygens (including phenoxy) is 1. The Hall–Kier alpha value is -2.68. The molecule has 0 saturated carbocycles. The highest BCUT2D eigenvalue weighted by Crippen LogP contribution is 2.15. The number of carbonyl (C=O) groups excluding carboxylic acids is 1. The van der Waals surface area contributed by atoms with E-state index >= 15 is 0 Å². The third kappa shape index (κ3) is 4.69. The van der Waals surface area contributed by atoms with Crippen LogP contribution >= 0.6 is 0 Å². The summed E-state index contributed by atoms with van der Waals surface area (Å²) in [4.78, 5) is 22.7. The minimum absolute atomic E-state index is 0.0575. The number of aryl methyl sites for hydroxylation is 2. The van der Waals surface area contributed by atoms with Gasteiger partial charge < -0.3 is 24.8 Å². The third-order valence-corrected chi connectivity index (χ3v) is 4.26. The smallest absolute Gasteiger partial charge is 0.224 e. The number of morpholine rings is 1. The van der Waals surface area contributed by atoms with Gasteiger partial charge in [-0.1, -0.05) is 5.16 Å². The van der Waals surface area contributed by atoms with Gasteiger partial charge in [0.05, 0.1) is 25.3 Å². The molecule has 2 aromatic heterocycles. The molecule has 0 spiro atoms. The quantitative estimate of drug-likeness (QED) is 0.695. The normalized spacial score (nSPS) is 14.3. The zero-order chi connectivity index (χ0) is 18.4. The van der Waals surface area contributed by atoms with Crippen LogP contribution in [0.1, 0.15) is 17.0 Å². The summed E-state index contributed by atoms with van der Waals surface area (Å²) in [7, 11) is 0. The Kier molecular flexibility index (Phi) is 6.00. The highest BCUT2D eigenvalue weighted by atomic mass is 16.5. The average molecular weight is 360 g/mol. The van der Waals surface area contributed by atoms with Crippen LogP contribution in [0.15, 0.2) is 16.9 Å². The van der Waals surface area contributed by atoms with Crippen molar-refractivity contribution < 1.29 is 14.1 Å². The fourth-order valence-corrected chi connectivity index (χ4v) is 2.78. The lowest BCUT2D eigenvalue weighted by atomic mass is 10.1. The number of rotatable bonds is 7. The van der Waals surface area contributed by atoms with Crippen LogP contribution in [-0.2, 0) is 16.0 Å². The molecule has 0 aromatic carbocycles. The number of nitrogens with one attached hydrogen (secondary N) is 2. The Morgan fingerprint density at radius 2 is 2.04 bits per heavy atom. The molecule has 9 heteroatoms. The van der Waals surface area contributed by atoms with Gasteiger partial charge >= 0.3 is 0 Å². The predicted octanol–water partition coefficient (Wildman–Crippen LogP) is 0.689. The summed E-state index contributed by atoms with van der Waals surface area (Å²) < 4.78 is 10.4. The van der Waals surface area contributed by atoms with E-state index < -0.39 is 0 Å². The summed E-state index contributed by atoms with van der Waals surface area (Å²) >= 11 is 0. The van der Waals surface area contributed by atoms with Gasteiger partial charge in [-0.15, -0.1) is 0 Å². The molecule has 2 aromatic rings. The second-order valence-corrected chi connectivity index (χ2v) is 6.12. The predicted molar refractivity (Wildman–Crippen MR) is 96.2 cm³/mol. The topological polar surface area (TPSA) is 105 Å². The summed E-state index contributed by atoms with van der Waals surface area (Å²) in [5, 5.41) is 9.95. The first-order valence-corrected chi connectivity index (χ1v) is 8.70.